The maximum absolute atomic E-state index is 11.3. The Balaban J connectivity index is 3.82. The lowest BCUT2D eigenvalue weighted by molar-refractivity contribution is -0.149. The predicted octanol–water partition coefficient (Wildman–Crippen LogP) is 1.66. The first kappa shape index (κ1) is 13.8. The molecule has 0 heterocycles. The minimum absolute atomic E-state index is 0.157. The molecule has 0 bridgehead atoms. The van der Waals surface area contributed by atoms with Gasteiger partial charge in [-0.25, -0.2) is 0 Å². The summed E-state index contributed by atoms with van der Waals surface area (Å²) in [7, 11) is 1.42. The summed E-state index contributed by atoms with van der Waals surface area (Å²) in [5.41, 5.74) is 5.36. The molecule has 0 aliphatic rings. The molecule has 0 aliphatic heterocycles. The van der Waals surface area contributed by atoms with E-state index in [1.54, 1.807) is 11.8 Å². The van der Waals surface area contributed by atoms with Gasteiger partial charge in [-0.1, -0.05) is 6.92 Å². The first-order valence-electron chi connectivity index (χ1n) is 4.85. The van der Waals surface area contributed by atoms with Crippen molar-refractivity contribution in [2.24, 2.45) is 11.1 Å². The molecule has 3 nitrogen and oxygen atoms in total. The predicted molar refractivity (Wildman–Crippen MR) is 61.4 cm³/mol. The molecule has 0 spiro atoms. The van der Waals surface area contributed by atoms with Gasteiger partial charge in [0.2, 0.25) is 0 Å². The summed E-state index contributed by atoms with van der Waals surface area (Å²) in [6, 6.07) is 0.230. The Labute approximate surface area is 90.8 Å². The zero-order valence-corrected chi connectivity index (χ0v) is 10.3. The molecule has 0 aromatic carbocycles. The van der Waals surface area contributed by atoms with Crippen LogP contribution in [0.3, 0.4) is 0 Å². The van der Waals surface area contributed by atoms with Crippen molar-refractivity contribution >= 4 is 17.7 Å². The molecule has 2 N–H and O–H groups in total. The van der Waals surface area contributed by atoms with Crippen LogP contribution in [-0.2, 0) is 9.53 Å². The summed E-state index contributed by atoms with van der Waals surface area (Å²) >= 11 is 1.71. The molecule has 1 atom stereocenters. The van der Waals surface area contributed by atoms with Gasteiger partial charge in [0, 0.05) is 17.5 Å². The van der Waals surface area contributed by atoms with Gasteiger partial charge < -0.3 is 10.5 Å². The molecule has 0 fully saturated rings. The highest BCUT2D eigenvalue weighted by molar-refractivity contribution is 7.99. The van der Waals surface area contributed by atoms with Crippen LogP contribution in [0.25, 0.3) is 0 Å². The third kappa shape index (κ3) is 4.86. The quantitative estimate of drug-likeness (QED) is 0.690. The summed E-state index contributed by atoms with van der Waals surface area (Å²) in [5.74, 6) is 1.50. The van der Waals surface area contributed by atoms with Gasteiger partial charge in [-0.05, 0) is 20.3 Å². The molecule has 0 aliphatic carbocycles. The van der Waals surface area contributed by atoms with E-state index in [2.05, 4.69) is 6.92 Å². The lowest BCUT2D eigenvalue weighted by atomic mass is 9.97. The normalized spacial score (nSPS) is 13.8. The summed E-state index contributed by atoms with van der Waals surface area (Å²) in [5, 5.41) is 0. The third-order valence-electron chi connectivity index (χ3n) is 2.06. The summed E-state index contributed by atoms with van der Waals surface area (Å²) in [6.45, 7) is 5.85. The van der Waals surface area contributed by atoms with E-state index in [4.69, 9.17) is 10.5 Å². The molecule has 0 radical (unpaired) electrons. The number of thioether (sulfide) groups is 1. The molecular formula is C10H21NO2S. The maximum atomic E-state index is 11.3. The van der Waals surface area contributed by atoms with Crippen molar-refractivity contribution in [1.29, 1.82) is 0 Å². The van der Waals surface area contributed by atoms with Crippen molar-refractivity contribution in [2.45, 2.75) is 33.2 Å². The van der Waals surface area contributed by atoms with E-state index >= 15 is 0 Å². The number of hydrogen-bond donors (Lipinski definition) is 1. The minimum atomic E-state index is -0.410. The van der Waals surface area contributed by atoms with Gasteiger partial charge >= 0.3 is 5.97 Å². The Morgan fingerprint density at radius 3 is 2.57 bits per heavy atom. The zero-order chi connectivity index (χ0) is 11.2. The number of esters is 1. The average Bonchev–Trinajstić information content (AvgIpc) is 2.15. The van der Waals surface area contributed by atoms with Gasteiger partial charge in [0.1, 0.15) is 0 Å². The van der Waals surface area contributed by atoms with Crippen LogP contribution in [-0.4, -0.2) is 30.6 Å². The Bertz CT molecular complexity index is 183. The van der Waals surface area contributed by atoms with Crippen LogP contribution in [0.5, 0.6) is 0 Å². The number of rotatable bonds is 6. The second-order valence-electron chi connectivity index (χ2n) is 4.06. The zero-order valence-electron chi connectivity index (χ0n) is 9.50. The number of hydrogen-bond acceptors (Lipinski definition) is 4. The maximum Gasteiger partial charge on any atom is 0.312 e. The van der Waals surface area contributed by atoms with Crippen molar-refractivity contribution in [1.82, 2.24) is 0 Å². The number of carbonyl (C=O) groups is 1. The molecule has 1 unspecified atom stereocenters. The number of ether oxygens (including phenoxy) is 1. The highest BCUT2D eigenvalue weighted by Crippen LogP contribution is 2.23. The fraction of sp³-hybridized carbons (Fsp3) is 0.900. The van der Waals surface area contributed by atoms with Gasteiger partial charge in [-0.3, -0.25) is 4.79 Å². The van der Waals surface area contributed by atoms with Crippen LogP contribution in [0.2, 0.25) is 0 Å². The van der Waals surface area contributed by atoms with Gasteiger partial charge in [0.25, 0.3) is 0 Å². The van der Waals surface area contributed by atoms with Crippen LogP contribution in [0.4, 0.5) is 0 Å². The molecule has 0 saturated carbocycles. The number of carbonyl (C=O) groups excluding carboxylic acids is 1. The van der Waals surface area contributed by atoms with Crippen molar-refractivity contribution in [3.05, 3.63) is 0 Å². The molecule has 14 heavy (non-hydrogen) atoms. The van der Waals surface area contributed by atoms with Gasteiger partial charge in [-0.2, -0.15) is 11.8 Å². The van der Waals surface area contributed by atoms with E-state index in [1.165, 1.54) is 7.11 Å². The number of nitrogens with two attached hydrogens (primary N) is 1. The molecule has 0 saturated heterocycles. The summed E-state index contributed by atoms with van der Waals surface area (Å²) < 4.78 is 4.72. The van der Waals surface area contributed by atoms with Crippen molar-refractivity contribution in [3.63, 3.8) is 0 Å². The molecule has 0 amide bonds. The lowest BCUT2D eigenvalue weighted by Gasteiger charge is -2.21. The molecule has 84 valence electrons. The van der Waals surface area contributed by atoms with Crippen LogP contribution in [0.1, 0.15) is 27.2 Å². The average molecular weight is 219 g/mol. The van der Waals surface area contributed by atoms with Gasteiger partial charge in [0.05, 0.1) is 12.5 Å². The molecular weight excluding hydrogens is 198 g/mol. The minimum Gasteiger partial charge on any atom is -0.469 e. The van der Waals surface area contributed by atoms with Crippen LogP contribution in [0.15, 0.2) is 0 Å². The second-order valence-corrected chi connectivity index (χ2v) is 5.09. The fourth-order valence-electron chi connectivity index (χ4n) is 0.919. The highest BCUT2D eigenvalue weighted by Gasteiger charge is 2.28. The van der Waals surface area contributed by atoms with Crippen LogP contribution >= 0.6 is 11.8 Å². The topological polar surface area (TPSA) is 52.3 Å². The summed E-state index contributed by atoms with van der Waals surface area (Å²) in [4.78, 5) is 11.3. The lowest BCUT2D eigenvalue weighted by Crippen LogP contribution is -2.29. The third-order valence-corrected chi connectivity index (χ3v) is 3.65. The highest BCUT2D eigenvalue weighted by atomic mass is 32.2. The Morgan fingerprint density at radius 2 is 2.14 bits per heavy atom. The Kier molecular flexibility index (Phi) is 6.20. The Morgan fingerprint density at radius 1 is 1.57 bits per heavy atom. The first-order valence-corrected chi connectivity index (χ1v) is 6.01. The van der Waals surface area contributed by atoms with E-state index in [1.807, 2.05) is 13.8 Å². The number of methoxy groups -OCH3 is 1. The Hall–Kier alpha value is -0.220. The smallest absolute Gasteiger partial charge is 0.312 e. The second kappa shape index (κ2) is 6.30. The fourth-order valence-corrected chi connectivity index (χ4v) is 2.20. The first-order chi connectivity index (χ1) is 6.44. The largest absolute Gasteiger partial charge is 0.469 e. The van der Waals surface area contributed by atoms with Crippen LogP contribution < -0.4 is 5.73 Å². The van der Waals surface area contributed by atoms with Gasteiger partial charge in [-0.15, -0.1) is 0 Å². The van der Waals surface area contributed by atoms with Crippen molar-refractivity contribution in [2.75, 3.05) is 18.6 Å². The van der Waals surface area contributed by atoms with E-state index in [0.717, 1.165) is 17.9 Å². The van der Waals surface area contributed by atoms with Crippen molar-refractivity contribution in [3.8, 4) is 0 Å². The van der Waals surface area contributed by atoms with E-state index in [9.17, 15) is 4.79 Å². The SMILES string of the molecule is CCC(N)CSCC(C)(C)C(=O)OC. The molecule has 0 aromatic heterocycles. The molecule has 4 heteroatoms. The molecule has 0 rings (SSSR count). The standard InChI is InChI=1S/C10H21NO2S/c1-5-8(11)6-14-7-10(2,3)9(12)13-4/h8H,5-7,11H2,1-4H3. The van der Waals surface area contributed by atoms with Crippen LogP contribution in [0, 0.1) is 5.41 Å². The van der Waals surface area contributed by atoms with E-state index < -0.39 is 5.41 Å². The monoisotopic (exact) mass is 219 g/mol. The van der Waals surface area contributed by atoms with Gasteiger partial charge in [0.15, 0.2) is 0 Å². The summed E-state index contributed by atoms with van der Waals surface area (Å²) in [6.07, 6.45) is 0.978. The van der Waals surface area contributed by atoms with E-state index in [-0.39, 0.29) is 12.0 Å². The van der Waals surface area contributed by atoms with Crippen molar-refractivity contribution < 1.29 is 9.53 Å². The van der Waals surface area contributed by atoms with E-state index in [0.29, 0.717) is 0 Å². The molecule has 0 aromatic rings.